The highest BCUT2D eigenvalue weighted by Crippen LogP contribution is 2.45. The maximum atomic E-state index is 2.43. The highest BCUT2D eigenvalue weighted by atomic mass is 15.2. The minimum absolute atomic E-state index is 1.07. The van der Waals surface area contributed by atoms with Gasteiger partial charge >= 0.3 is 0 Å². The third kappa shape index (κ3) is 5.43. The van der Waals surface area contributed by atoms with E-state index in [9.17, 15) is 0 Å². The molecule has 268 valence electrons. The molecular formula is C54H37N3. The van der Waals surface area contributed by atoms with Crippen LogP contribution < -0.4 is 4.90 Å². The lowest BCUT2D eigenvalue weighted by molar-refractivity contribution is 1.16. The van der Waals surface area contributed by atoms with Gasteiger partial charge in [-0.2, -0.15) is 0 Å². The first kappa shape index (κ1) is 32.8. The van der Waals surface area contributed by atoms with Gasteiger partial charge in [0.2, 0.25) is 0 Å². The number of benzene rings is 9. The number of para-hydroxylation sites is 4. The van der Waals surface area contributed by atoms with Crippen LogP contribution in [-0.4, -0.2) is 9.13 Å². The van der Waals surface area contributed by atoms with Gasteiger partial charge < -0.3 is 14.0 Å². The lowest BCUT2D eigenvalue weighted by Gasteiger charge is -2.28. The van der Waals surface area contributed by atoms with E-state index < -0.39 is 0 Å². The number of hydrogen-bond donors (Lipinski definition) is 0. The van der Waals surface area contributed by atoms with Crippen LogP contribution in [0.25, 0.3) is 77.2 Å². The molecule has 0 radical (unpaired) electrons. The molecule has 3 heteroatoms. The van der Waals surface area contributed by atoms with E-state index in [1.165, 1.54) is 54.8 Å². The molecule has 0 aliphatic carbocycles. The molecule has 0 atom stereocenters. The van der Waals surface area contributed by atoms with Crippen molar-refractivity contribution < 1.29 is 0 Å². The monoisotopic (exact) mass is 727 g/mol. The van der Waals surface area contributed by atoms with Crippen molar-refractivity contribution in [2.45, 2.75) is 0 Å². The fraction of sp³-hybridized carbons (Fsp3) is 0. The topological polar surface area (TPSA) is 13.1 Å². The molecule has 0 spiro atoms. The Morgan fingerprint density at radius 1 is 0.298 bits per heavy atom. The van der Waals surface area contributed by atoms with E-state index in [0.29, 0.717) is 0 Å². The van der Waals surface area contributed by atoms with Crippen molar-refractivity contribution in [1.82, 2.24) is 9.13 Å². The second-order valence-electron chi connectivity index (χ2n) is 14.5. The van der Waals surface area contributed by atoms with Crippen molar-refractivity contribution in [1.29, 1.82) is 0 Å². The molecule has 11 aromatic rings. The molecule has 9 aromatic carbocycles. The standard InChI is InChI=1S/C54H37N3/c1-4-18-38(19-5-1)44-26-10-13-30-49(44)55(41-24-16-25-42(36-41)57-50-31-14-11-27-46(50)47-28-12-15-32-51(47)57)43-34-35-48-53(37-43)56(40-22-8-3-9-23-40)52-33-17-29-45(54(48)52)39-20-6-2-7-21-39/h1-37H. The van der Waals surface area contributed by atoms with Gasteiger partial charge in [0.1, 0.15) is 0 Å². The SMILES string of the molecule is c1ccc(-c2ccccc2N(c2cccc(-n3c4ccccc4c4ccccc43)c2)c2ccc3c4c(-c5ccccc5)cccc4n(-c4ccccc4)c3c2)cc1. The molecule has 0 unspecified atom stereocenters. The van der Waals surface area contributed by atoms with Gasteiger partial charge in [0, 0.05) is 49.9 Å². The highest BCUT2D eigenvalue weighted by molar-refractivity contribution is 6.16. The van der Waals surface area contributed by atoms with E-state index in [2.05, 4.69) is 238 Å². The largest absolute Gasteiger partial charge is 0.310 e. The first-order valence-corrected chi connectivity index (χ1v) is 19.5. The van der Waals surface area contributed by atoms with Crippen LogP contribution in [-0.2, 0) is 0 Å². The van der Waals surface area contributed by atoms with Crippen molar-refractivity contribution in [2.24, 2.45) is 0 Å². The lowest BCUT2D eigenvalue weighted by Crippen LogP contribution is -2.12. The van der Waals surface area contributed by atoms with E-state index in [-0.39, 0.29) is 0 Å². The highest BCUT2D eigenvalue weighted by Gasteiger charge is 2.22. The average Bonchev–Trinajstić information content (AvgIpc) is 3.80. The van der Waals surface area contributed by atoms with Crippen LogP contribution in [0.15, 0.2) is 224 Å². The summed E-state index contributed by atoms with van der Waals surface area (Å²) in [5.41, 5.74) is 15.0. The summed E-state index contributed by atoms with van der Waals surface area (Å²) in [6, 6.07) is 81.1. The maximum absolute atomic E-state index is 2.43. The zero-order valence-electron chi connectivity index (χ0n) is 31.2. The fourth-order valence-corrected chi connectivity index (χ4v) is 8.84. The van der Waals surface area contributed by atoms with Gasteiger partial charge in [-0.3, -0.25) is 0 Å². The number of aromatic nitrogens is 2. The third-order valence-electron chi connectivity index (χ3n) is 11.3. The Labute approximate surface area is 331 Å². The summed E-state index contributed by atoms with van der Waals surface area (Å²) in [6.45, 7) is 0. The number of rotatable bonds is 7. The van der Waals surface area contributed by atoms with Crippen LogP contribution in [0.5, 0.6) is 0 Å². The summed E-state index contributed by atoms with van der Waals surface area (Å²) in [7, 11) is 0. The molecule has 0 saturated heterocycles. The van der Waals surface area contributed by atoms with E-state index >= 15 is 0 Å². The Kier molecular flexibility index (Phi) is 7.82. The summed E-state index contributed by atoms with van der Waals surface area (Å²) in [5, 5.41) is 4.96. The van der Waals surface area contributed by atoms with Gasteiger partial charge in [0.25, 0.3) is 0 Å². The summed E-state index contributed by atoms with van der Waals surface area (Å²) in [6.07, 6.45) is 0. The third-order valence-corrected chi connectivity index (χ3v) is 11.3. The molecule has 0 aliphatic rings. The summed E-state index contributed by atoms with van der Waals surface area (Å²) >= 11 is 0. The van der Waals surface area contributed by atoms with E-state index in [0.717, 1.165) is 39.5 Å². The Morgan fingerprint density at radius 2 is 0.807 bits per heavy atom. The Hall–Kier alpha value is -7.62. The minimum Gasteiger partial charge on any atom is -0.310 e. The van der Waals surface area contributed by atoms with Crippen molar-refractivity contribution in [2.75, 3.05) is 4.90 Å². The average molecular weight is 728 g/mol. The molecule has 0 saturated carbocycles. The van der Waals surface area contributed by atoms with E-state index in [1.54, 1.807) is 0 Å². The summed E-state index contributed by atoms with van der Waals surface area (Å²) in [5.74, 6) is 0. The smallest absolute Gasteiger partial charge is 0.0562 e. The molecule has 2 heterocycles. The maximum Gasteiger partial charge on any atom is 0.0562 e. The molecule has 0 aliphatic heterocycles. The second kappa shape index (κ2) is 13.6. The predicted molar refractivity (Wildman–Crippen MR) is 241 cm³/mol. The Morgan fingerprint density at radius 3 is 1.53 bits per heavy atom. The van der Waals surface area contributed by atoms with Gasteiger partial charge in [0.15, 0.2) is 0 Å². The summed E-state index contributed by atoms with van der Waals surface area (Å²) in [4.78, 5) is 2.43. The molecule has 2 aromatic heterocycles. The van der Waals surface area contributed by atoms with Gasteiger partial charge in [-0.15, -0.1) is 0 Å². The quantitative estimate of drug-likeness (QED) is 0.159. The zero-order chi connectivity index (χ0) is 37.7. The van der Waals surface area contributed by atoms with Crippen LogP contribution in [0.3, 0.4) is 0 Å². The van der Waals surface area contributed by atoms with Crippen molar-refractivity contribution in [3.63, 3.8) is 0 Å². The minimum atomic E-state index is 1.07. The van der Waals surface area contributed by atoms with Crippen molar-refractivity contribution in [3.8, 4) is 33.6 Å². The molecular weight excluding hydrogens is 691 g/mol. The first-order valence-electron chi connectivity index (χ1n) is 19.5. The number of fused-ring (bicyclic) bond motifs is 6. The predicted octanol–water partition coefficient (Wildman–Crippen LogP) is 14.7. The van der Waals surface area contributed by atoms with Gasteiger partial charge in [-0.05, 0) is 83.4 Å². The Bertz CT molecular complexity index is 3180. The van der Waals surface area contributed by atoms with E-state index in [1.807, 2.05) is 0 Å². The van der Waals surface area contributed by atoms with Crippen LogP contribution in [0.2, 0.25) is 0 Å². The number of anilines is 3. The van der Waals surface area contributed by atoms with Crippen molar-refractivity contribution in [3.05, 3.63) is 224 Å². The lowest BCUT2D eigenvalue weighted by atomic mass is 9.99. The molecule has 57 heavy (non-hydrogen) atoms. The molecule has 0 amide bonds. The molecule has 3 nitrogen and oxygen atoms in total. The van der Waals surface area contributed by atoms with Crippen LogP contribution in [0.4, 0.5) is 17.1 Å². The number of hydrogen-bond acceptors (Lipinski definition) is 1. The fourth-order valence-electron chi connectivity index (χ4n) is 8.84. The van der Waals surface area contributed by atoms with Crippen LogP contribution in [0.1, 0.15) is 0 Å². The van der Waals surface area contributed by atoms with E-state index in [4.69, 9.17) is 0 Å². The molecule has 0 N–H and O–H groups in total. The van der Waals surface area contributed by atoms with Crippen molar-refractivity contribution >= 4 is 60.7 Å². The van der Waals surface area contributed by atoms with Crippen LogP contribution in [0, 0.1) is 0 Å². The zero-order valence-corrected chi connectivity index (χ0v) is 31.2. The van der Waals surface area contributed by atoms with Gasteiger partial charge in [0.05, 0.1) is 27.8 Å². The van der Waals surface area contributed by atoms with Gasteiger partial charge in [-0.1, -0.05) is 158 Å². The first-order chi connectivity index (χ1) is 28.3. The van der Waals surface area contributed by atoms with Gasteiger partial charge in [-0.25, -0.2) is 0 Å². The normalized spacial score (nSPS) is 11.5. The molecule has 0 bridgehead atoms. The molecule has 11 rings (SSSR count). The Balaban J connectivity index is 1.19. The summed E-state index contributed by atoms with van der Waals surface area (Å²) < 4.78 is 4.83. The second-order valence-corrected chi connectivity index (χ2v) is 14.5. The molecule has 0 fully saturated rings. The number of nitrogens with zero attached hydrogens (tertiary/aromatic N) is 3. The van der Waals surface area contributed by atoms with Crippen LogP contribution >= 0.6 is 0 Å².